The number of nitrogens with zero attached hydrogens (tertiary/aromatic N) is 1. The summed E-state index contributed by atoms with van der Waals surface area (Å²) in [6, 6.07) is 8.76. The molecule has 124 valence electrons. The van der Waals surface area contributed by atoms with E-state index in [1.54, 1.807) is 0 Å². The van der Waals surface area contributed by atoms with E-state index in [2.05, 4.69) is 42.5 Å². The van der Waals surface area contributed by atoms with Gasteiger partial charge in [-0.2, -0.15) is 0 Å². The summed E-state index contributed by atoms with van der Waals surface area (Å²) in [7, 11) is 0. The molecule has 0 aliphatic heterocycles. The van der Waals surface area contributed by atoms with Crippen LogP contribution in [-0.2, 0) is 6.54 Å². The van der Waals surface area contributed by atoms with Gasteiger partial charge < -0.3 is 15.4 Å². The van der Waals surface area contributed by atoms with Crippen molar-refractivity contribution < 1.29 is 4.74 Å². The van der Waals surface area contributed by atoms with Gasteiger partial charge in [-0.15, -0.1) is 24.0 Å². The minimum Gasteiger partial charge on any atom is -0.493 e. The third-order valence-corrected chi connectivity index (χ3v) is 3.21. The normalized spacial score (nSPS) is 14.5. The van der Waals surface area contributed by atoms with Crippen molar-refractivity contribution in [2.24, 2.45) is 10.9 Å². The van der Waals surface area contributed by atoms with Gasteiger partial charge in [0, 0.05) is 18.2 Å². The quantitative estimate of drug-likeness (QED) is 0.405. The molecule has 5 heteroatoms. The lowest BCUT2D eigenvalue weighted by Gasteiger charge is -2.13. The monoisotopic (exact) mass is 417 g/mol. The summed E-state index contributed by atoms with van der Waals surface area (Å²) in [6.07, 6.45) is 2.50. The van der Waals surface area contributed by atoms with E-state index >= 15 is 0 Å². The van der Waals surface area contributed by atoms with Crippen LogP contribution in [0.4, 0.5) is 0 Å². The first kappa shape index (κ1) is 19.1. The Bertz CT molecular complexity index is 473. The van der Waals surface area contributed by atoms with Crippen LogP contribution in [0.25, 0.3) is 0 Å². The Hall–Kier alpha value is -0.980. The second kappa shape index (κ2) is 9.92. The fourth-order valence-corrected chi connectivity index (χ4v) is 1.94. The van der Waals surface area contributed by atoms with Crippen LogP contribution in [0.1, 0.15) is 39.2 Å². The Morgan fingerprint density at radius 1 is 1.32 bits per heavy atom. The first-order chi connectivity index (χ1) is 10.2. The third-order valence-electron chi connectivity index (χ3n) is 3.21. The fourth-order valence-electron chi connectivity index (χ4n) is 1.94. The predicted octanol–water partition coefficient (Wildman–Crippen LogP) is 3.56. The molecule has 1 aliphatic rings. The molecule has 1 saturated carbocycles. The molecule has 0 unspecified atom stereocenters. The minimum absolute atomic E-state index is 0. The van der Waals surface area contributed by atoms with E-state index in [1.807, 2.05) is 18.2 Å². The van der Waals surface area contributed by atoms with E-state index in [1.165, 1.54) is 12.8 Å². The van der Waals surface area contributed by atoms with Crippen LogP contribution < -0.4 is 15.4 Å². The number of hydrogen-bond acceptors (Lipinski definition) is 2. The maximum Gasteiger partial charge on any atom is 0.191 e. The van der Waals surface area contributed by atoms with E-state index in [0.29, 0.717) is 18.5 Å². The van der Waals surface area contributed by atoms with Gasteiger partial charge in [0.2, 0.25) is 0 Å². The topological polar surface area (TPSA) is 45.7 Å². The summed E-state index contributed by atoms with van der Waals surface area (Å²) >= 11 is 0. The standard InChI is InChI=1S/C17H27N3O.HI/c1-4-18-17(20-15-9-10-15)19-11-14-7-5-6-8-16(14)21-12-13(2)3;/h5-8,13,15H,4,9-12H2,1-3H3,(H2,18,19,20);1H. The van der Waals surface area contributed by atoms with Gasteiger partial charge in [-0.1, -0.05) is 32.0 Å². The average molecular weight is 417 g/mol. The largest absolute Gasteiger partial charge is 0.493 e. The summed E-state index contributed by atoms with van der Waals surface area (Å²) < 4.78 is 5.87. The van der Waals surface area contributed by atoms with Crippen molar-refractivity contribution >= 4 is 29.9 Å². The highest BCUT2D eigenvalue weighted by Gasteiger charge is 2.22. The van der Waals surface area contributed by atoms with E-state index in [0.717, 1.165) is 30.4 Å². The molecule has 0 radical (unpaired) electrons. The number of para-hydroxylation sites is 1. The van der Waals surface area contributed by atoms with Gasteiger partial charge in [0.05, 0.1) is 13.2 Å². The SMILES string of the molecule is CCNC(=NCc1ccccc1OCC(C)C)NC1CC1.I. The minimum atomic E-state index is 0. The molecule has 0 amide bonds. The Morgan fingerprint density at radius 3 is 2.68 bits per heavy atom. The number of nitrogens with one attached hydrogen (secondary N) is 2. The first-order valence-corrected chi connectivity index (χ1v) is 7.94. The highest BCUT2D eigenvalue weighted by molar-refractivity contribution is 14.0. The van der Waals surface area contributed by atoms with Gasteiger partial charge in [-0.3, -0.25) is 0 Å². The zero-order chi connectivity index (χ0) is 15.1. The first-order valence-electron chi connectivity index (χ1n) is 7.94. The second-order valence-electron chi connectivity index (χ2n) is 5.93. The van der Waals surface area contributed by atoms with Gasteiger partial charge in [0.25, 0.3) is 0 Å². The van der Waals surface area contributed by atoms with Crippen LogP contribution in [0.2, 0.25) is 0 Å². The Kier molecular flexibility index (Phi) is 8.60. The molecule has 22 heavy (non-hydrogen) atoms. The number of benzene rings is 1. The number of guanidine groups is 1. The number of halogens is 1. The molecule has 2 rings (SSSR count). The number of ether oxygens (including phenoxy) is 1. The number of hydrogen-bond donors (Lipinski definition) is 2. The van der Waals surface area contributed by atoms with Gasteiger partial charge in [-0.25, -0.2) is 4.99 Å². The van der Waals surface area contributed by atoms with Crippen LogP contribution in [0.15, 0.2) is 29.3 Å². The van der Waals surface area contributed by atoms with E-state index < -0.39 is 0 Å². The maximum absolute atomic E-state index is 5.87. The van der Waals surface area contributed by atoms with E-state index in [9.17, 15) is 0 Å². The summed E-state index contributed by atoms with van der Waals surface area (Å²) in [6.45, 7) is 8.65. The van der Waals surface area contributed by atoms with Crippen molar-refractivity contribution in [2.45, 2.75) is 46.2 Å². The van der Waals surface area contributed by atoms with Gasteiger partial charge in [-0.05, 0) is 31.7 Å². The zero-order valence-corrected chi connectivity index (χ0v) is 16.1. The molecule has 4 nitrogen and oxygen atoms in total. The predicted molar refractivity (Wildman–Crippen MR) is 103 cm³/mol. The van der Waals surface area contributed by atoms with Crippen molar-refractivity contribution in [2.75, 3.05) is 13.2 Å². The van der Waals surface area contributed by atoms with Gasteiger partial charge in [0.15, 0.2) is 5.96 Å². The highest BCUT2D eigenvalue weighted by atomic mass is 127. The van der Waals surface area contributed by atoms with Crippen LogP contribution in [0.3, 0.4) is 0 Å². The van der Waals surface area contributed by atoms with Crippen LogP contribution in [0, 0.1) is 5.92 Å². The van der Waals surface area contributed by atoms with Crippen molar-refractivity contribution in [1.29, 1.82) is 0 Å². The molecular formula is C17H28IN3O. The van der Waals surface area contributed by atoms with Crippen molar-refractivity contribution in [3.63, 3.8) is 0 Å². The molecule has 1 aromatic rings. The van der Waals surface area contributed by atoms with E-state index in [-0.39, 0.29) is 24.0 Å². The van der Waals surface area contributed by atoms with Crippen LogP contribution in [0.5, 0.6) is 5.75 Å². The lowest BCUT2D eigenvalue weighted by Crippen LogP contribution is -2.38. The summed E-state index contributed by atoms with van der Waals surface area (Å²) in [5.74, 6) is 2.37. The van der Waals surface area contributed by atoms with Crippen LogP contribution in [-0.4, -0.2) is 25.2 Å². The lowest BCUT2D eigenvalue weighted by atomic mass is 10.2. The fraction of sp³-hybridized carbons (Fsp3) is 0.588. The molecule has 0 saturated heterocycles. The van der Waals surface area contributed by atoms with Crippen molar-refractivity contribution in [1.82, 2.24) is 10.6 Å². The summed E-state index contributed by atoms with van der Waals surface area (Å²) in [5, 5.41) is 6.72. The molecule has 1 aliphatic carbocycles. The molecule has 2 N–H and O–H groups in total. The lowest BCUT2D eigenvalue weighted by molar-refractivity contribution is 0.268. The smallest absolute Gasteiger partial charge is 0.191 e. The number of rotatable bonds is 7. The zero-order valence-electron chi connectivity index (χ0n) is 13.8. The molecule has 0 spiro atoms. The maximum atomic E-state index is 5.87. The molecule has 1 fully saturated rings. The Morgan fingerprint density at radius 2 is 2.05 bits per heavy atom. The van der Waals surface area contributed by atoms with Gasteiger partial charge in [0.1, 0.15) is 5.75 Å². The molecule has 0 aromatic heterocycles. The second-order valence-corrected chi connectivity index (χ2v) is 5.93. The van der Waals surface area contributed by atoms with Crippen molar-refractivity contribution in [3.8, 4) is 5.75 Å². The molecule has 0 bridgehead atoms. The van der Waals surface area contributed by atoms with Crippen molar-refractivity contribution in [3.05, 3.63) is 29.8 Å². The average Bonchev–Trinajstić information content (AvgIpc) is 3.27. The highest BCUT2D eigenvalue weighted by Crippen LogP contribution is 2.20. The molecule has 1 aromatic carbocycles. The Labute approximate surface area is 151 Å². The third kappa shape index (κ3) is 6.85. The van der Waals surface area contributed by atoms with Crippen LogP contribution >= 0.6 is 24.0 Å². The molecule has 0 atom stereocenters. The van der Waals surface area contributed by atoms with E-state index in [4.69, 9.17) is 4.74 Å². The van der Waals surface area contributed by atoms with Gasteiger partial charge >= 0.3 is 0 Å². The Balaban J connectivity index is 0.00000242. The number of aliphatic imine (C=N–C) groups is 1. The molecular weight excluding hydrogens is 389 g/mol. The summed E-state index contributed by atoms with van der Waals surface area (Å²) in [4.78, 5) is 4.67. The summed E-state index contributed by atoms with van der Waals surface area (Å²) in [5.41, 5.74) is 1.13. The molecule has 0 heterocycles.